The molecule has 0 saturated heterocycles. The Morgan fingerprint density at radius 2 is 1.66 bits per heavy atom. The van der Waals surface area contributed by atoms with Gasteiger partial charge in [-0.2, -0.15) is 0 Å². The smallest absolute Gasteiger partial charge is 0.338 e. The number of thiophene rings is 1. The van der Waals surface area contributed by atoms with E-state index in [0.29, 0.717) is 16.3 Å². The van der Waals surface area contributed by atoms with Gasteiger partial charge in [-0.25, -0.2) is 4.79 Å². The first-order valence-electron chi connectivity index (χ1n) is 8.92. The van der Waals surface area contributed by atoms with Crippen molar-refractivity contribution in [1.82, 2.24) is 0 Å². The summed E-state index contributed by atoms with van der Waals surface area (Å²) in [5.74, 6) is -1.31. The van der Waals surface area contributed by atoms with Crippen LogP contribution in [0.15, 0.2) is 60.0 Å². The van der Waals surface area contributed by atoms with Crippen molar-refractivity contribution in [2.45, 2.75) is 13.8 Å². The zero-order valence-electron chi connectivity index (χ0n) is 16.0. The number of carbonyl (C=O) groups is 3. The van der Waals surface area contributed by atoms with E-state index in [9.17, 15) is 14.4 Å². The van der Waals surface area contributed by atoms with Gasteiger partial charge in [0.1, 0.15) is 0 Å². The predicted octanol–water partition coefficient (Wildman–Crippen LogP) is 4.41. The molecule has 0 fully saturated rings. The molecule has 2 aromatic carbocycles. The first-order chi connectivity index (χ1) is 13.9. The first kappa shape index (κ1) is 20.3. The summed E-state index contributed by atoms with van der Waals surface area (Å²) in [6.07, 6.45) is 0. The Morgan fingerprint density at radius 1 is 0.931 bits per heavy atom. The van der Waals surface area contributed by atoms with Crippen LogP contribution in [-0.4, -0.2) is 24.4 Å². The van der Waals surface area contributed by atoms with E-state index in [4.69, 9.17) is 4.74 Å². The van der Waals surface area contributed by atoms with E-state index < -0.39 is 18.5 Å². The van der Waals surface area contributed by atoms with Crippen LogP contribution < -0.4 is 10.6 Å². The number of anilines is 2. The van der Waals surface area contributed by atoms with Crippen LogP contribution in [0, 0.1) is 13.8 Å². The molecular weight excluding hydrogens is 388 g/mol. The Labute approximate surface area is 172 Å². The van der Waals surface area contributed by atoms with Crippen LogP contribution >= 0.6 is 11.3 Å². The lowest BCUT2D eigenvalue weighted by molar-refractivity contribution is -0.119. The standard InChI is InChI=1S/C22H20N2O4S/c1-14-6-3-7-15(2)20(14)24-19(25)13-28-22(27)16-8-4-9-17(12-16)23-21(26)18-10-5-11-29-18/h3-12H,13H2,1-2H3,(H,23,26)(H,24,25). The van der Waals surface area contributed by atoms with Crippen LogP contribution in [0.3, 0.4) is 0 Å². The third kappa shape index (κ3) is 5.30. The van der Waals surface area contributed by atoms with Crippen molar-refractivity contribution in [1.29, 1.82) is 0 Å². The van der Waals surface area contributed by atoms with E-state index in [2.05, 4.69) is 10.6 Å². The Kier molecular flexibility index (Phi) is 6.41. The molecular formula is C22H20N2O4S. The number of esters is 1. The molecule has 0 aliphatic carbocycles. The number of hydrogen-bond acceptors (Lipinski definition) is 5. The second-order valence-corrected chi connectivity index (χ2v) is 7.35. The monoisotopic (exact) mass is 408 g/mol. The number of rotatable bonds is 6. The molecule has 3 aromatic rings. The Bertz CT molecular complexity index is 1020. The van der Waals surface area contributed by atoms with Crippen molar-refractivity contribution in [3.05, 3.63) is 81.5 Å². The Balaban J connectivity index is 1.58. The van der Waals surface area contributed by atoms with E-state index in [1.54, 1.807) is 30.3 Å². The van der Waals surface area contributed by atoms with Crippen molar-refractivity contribution >= 4 is 40.5 Å². The van der Waals surface area contributed by atoms with Gasteiger partial charge in [0.15, 0.2) is 6.61 Å². The summed E-state index contributed by atoms with van der Waals surface area (Å²) in [6, 6.07) is 15.6. The molecule has 0 aliphatic heterocycles. The minimum atomic E-state index is -0.645. The molecule has 0 unspecified atom stereocenters. The maximum Gasteiger partial charge on any atom is 0.338 e. The number of hydrogen-bond donors (Lipinski definition) is 2. The van der Waals surface area contributed by atoms with Crippen molar-refractivity contribution in [3.8, 4) is 0 Å². The van der Waals surface area contributed by atoms with Gasteiger partial charge in [0.25, 0.3) is 11.8 Å². The highest BCUT2D eigenvalue weighted by molar-refractivity contribution is 7.12. The van der Waals surface area contributed by atoms with Gasteiger partial charge in [-0.3, -0.25) is 9.59 Å². The van der Waals surface area contributed by atoms with E-state index >= 15 is 0 Å². The topological polar surface area (TPSA) is 84.5 Å². The minimum Gasteiger partial charge on any atom is -0.452 e. The summed E-state index contributed by atoms with van der Waals surface area (Å²) in [6.45, 7) is 3.38. The first-order valence-corrected chi connectivity index (χ1v) is 9.80. The van der Waals surface area contributed by atoms with Gasteiger partial charge >= 0.3 is 5.97 Å². The average molecular weight is 408 g/mol. The number of para-hydroxylation sites is 1. The molecule has 29 heavy (non-hydrogen) atoms. The predicted molar refractivity (Wildman–Crippen MR) is 114 cm³/mol. The Hall–Kier alpha value is -3.45. The second-order valence-electron chi connectivity index (χ2n) is 6.40. The molecule has 3 rings (SSSR count). The van der Waals surface area contributed by atoms with Crippen LogP contribution in [0.5, 0.6) is 0 Å². The van der Waals surface area contributed by atoms with E-state index in [0.717, 1.165) is 11.1 Å². The molecule has 1 heterocycles. The van der Waals surface area contributed by atoms with Crippen molar-refractivity contribution in [2.24, 2.45) is 0 Å². The minimum absolute atomic E-state index is 0.244. The third-order valence-corrected chi connectivity index (χ3v) is 5.05. The molecule has 7 heteroatoms. The summed E-state index contributed by atoms with van der Waals surface area (Å²) in [5.41, 5.74) is 3.29. The number of ether oxygens (including phenoxy) is 1. The van der Waals surface area contributed by atoms with Gasteiger partial charge in [-0.1, -0.05) is 30.3 Å². The molecule has 0 spiro atoms. The van der Waals surface area contributed by atoms with Gasteiger partial charge in [0, 0.05) is 11.4 Å². The molecule has 0 saturated carbocycles. The SMILES string of the molecule is Cc1cccc(C)c1NC(=O)COC(=O)c1cccc(NC(=O)c2cccs2)c1. The number of carbonyl (C=O) groups excluding carboxylic acids is 3. The number of aryl methyl sites for hydroxylation is 2. The maximum atomic E-state index is 12.3. The largest absolute Gasteiger partial charge is 0.452 e. The number of nitrogens with one attached hydrogen (secondary N) is 2. The molecule has 2 N–H and O–H groups in total. The van der Waals surface area contributed by atoms with E-state index in [1.807, 2.05) is 37.4 Å². The quantitative estimate of drug-likeness (QED) is 0.592. The van der Waals surface area contributed by atoms with Gasteiger partial charge in [-0.15, -0.1) is 11.3 Å². The van der Waals surface area contributed by atoms with Crippen LogP contribution in [0.2, 0.25) is 0 Å². The highest BCUT2D eigenvalue weighted by Crippen LogP contribution is 2.19. The summed E-state index contributed by atoms with van der Waals surface area (Å²) in [5, 5.41) is 7.31. The maximum absolute atomic E-state index is 12.3. The summed E-state index contributed by atoms with van der Waals surface area (Å²) in [4.78, 5) is 37.1. The van der Waals surface area contributed by atoms with Crippen LogP contribution in [0.1, 0.15) is 31.2 Å². The van der Waals surface area contributed by atoms with Crippen LogP contribution in [0.25, 0.3) is 0 Å². The average Bonchev–Trinajstić information content (AvgIpc) is 3.24. The fourth-order valence-corrected chi connectivity index (χ4v) is 3.34. The normalized spacial score (nSPS) is 10.3. The zero-order chi connectivity index (χ0) is 20.8. The lowest BCUT2D eigenvalue weighted by atomic mass is 10.1. The third-order valence-electron chi connectivity index (χ3n) is 4.18. The summed E-state index contributed by atoms with van der Waals surface area (Å²) in [7, 11) is 0. The molecule has 6 nitrogen and oxygen atoms in total. The van der Waals surface area contributed by atoms with E-state index in [-0.39, 0.29) is 11.5 Å². The summed E-state index contributed by atoms with van der Waals surface area (Å²) >= 11 is 1.33. The lowest BCUT2D eigenvalue weighted by Crippen LogP contribution is -2.22. The second kappa shape index (κ2) is 9.16. The highest BCUT2D eigenvalue weighted by atomic mass is 32.1. The van der Waals surface area contributed by atoms with Gasteiger partial charge in [0.2, 0.25) is 0 Å². The number of amides is 2. The van der Waals surface area contributed by atoms with Gasteiger partial charge < -0.3 is 15.4 Å². The highest BCUT2D eigenvalue weighted by Gasteiger charge is 2.14. The fraction of sp³-hybridized carbons (Fsp3) is 0.136. The molecule has 2 amide bonds. The van der Waals surface area contributed by atoms with Gasteiger partial charge in [-0.05, 0) is 54.6 Å². The van der Waals surface area contributed by atoms with Gasteiger partial charge in [0.05, 0.1) is 10.4 Å². The molecule has 1 aromatic heterocycles. The summed E-state index contributed by atoms with van der Waals surface area (Å²) < 4.78 is 5.11. The van der Waals surface area contributed by atoms with Crippen LogP contribution in [-0.2, 0) is 9.53 Å². The molecule has 148 valence electrons. The lowest BCUT2D eigenvalue weighted by Gasteiger charge is -2.12. The molecule has 0 radical (unpaired) electrons. The molecule has 0 aliphatic rings. The number of benzene rings is 2. The Morgan fingerprint density at radius 3 is 2.34 bits per heavy atom. The van der Waals surface area contributed by atoms with E-state index in [1.165, 1.54) is 17.4 Å². The molecule has 0 atom stereocenters. The van der Waals surface area contributed by atoms with Crippen LogP contribution in [0.4, 0.5) is 11.4 Å². The molecule has 0 bridgehead atoms. The van der Waals surface area contributed by atoms with Crippen molar-refractivity contribution < 1.29 is 19.1 Å². The fourth-order valence-electron chi connectivity index (χ4n) is 2.73. The van der Waals surface area contributed by atoms with Crippen molar-refractivity contribution in [2.75, 3.05) is 17.2 Å². The zero-order valence-corrected chi connectivity index (χ0v) is 16.8. The van der Waals surface area contributed by atoms with Crippen molar-refractivity contribution in [3.63, 3.8) is 0 Å².